The molecule has 2 fully saturated rings. The van der Waals surface area contributed by atoms with E-state index in [1.807, 2.05) is 0 Å². The van der Waals surface area contributed by atoms with E-state index >= 15 is 0 Å². The van der Waals surface area contributed by atoms with Gasteiger partial charge in [-0.05, 0) is 41.0 Å². The summed E-state index contributed by atoms with van der Waals surface area (Å²) in [6.07, 6.45) is 1.76. The predicted molar refractivity (Wildman–Crippen MR) is 82.1 cm³/mol. The summed E-state index contributed by atoms with van der Waals surface area (Å²) < 4.78 is 12.0. The Morgan fingerprint density at radius 2 is 1.95 bits per heavy atom. The summed E-state index contributed by atoms with van der Waals surface area (Å²) >= 11 is 0. The van der Waals surface area contributed by atoms with Gasteiger partial charge in [0.1, 0.15) is 0 Å². The van der Waals surface area contributed by atoms with E-state index in [1.165, 1.54) is 0 Å². The van der Waals surface area contributed by atoms with Crippen LogP contribution >= 0.6 is 0 Å². The van der Waals surface area contributed by atoms with Crippen LogP contribution in [0.15, 0.2) is 0 Å². The van der Waals surface area contributed by atoms with E-state index in [0.717, 1.165) is 39.3 Å². The van der Waals surface area contributed by atoms with Crippen LogP contribution in [0, 0.1) is 5.92 Å². The molecule has 20 heavy (non-hydrogen) atoms. The van der Waals surface area contributed by atoms with E-state index in [0.29, 0.717) is 24.2 Å². The van der Waals surface area contributed by atoms with Crippen molar-refractivity contribution in [3.63, 3.8) is 0 Å². The molecule has 3 unspecified atom stereocenters. The highest BCUT2D eigenvalue weighted by molar-refractivity contribution is 4.89. The lowest BCUT2D eigenvalue weighted by atomic mass is 9.92. The number of hydrogen-bond donors (Lipinski definition) is 1. The first kappa shape index (κ1) is 16.2. The first-order valence-electron chi connectivity index (χ1n) is 8.09. The zero-order valence-corrected chi connectivity index (χ0v) is 13.8. The van der Waals surface area contributed by atoms with Crippen LogP contribution in [0.1, 0.15) is 41.0 Å². The lowest BCUT2D eigenvalue weighted by molar-refractivity contribution is -0.0797. The molecule has 0 amide bonds. The fraction of sp³-hybridized carbons (Fsp3) is 1.00. The molecule has 4 heteroatoms. The molecule has 0 aromatic rings. The van der Waals surface area contributed by atoms with Crippen LogP contribution in [0.4, 0.5) is 0 Å². The van der Waals surface area contributed by atoms with Crippen molar-refractivity contribution in [2.45, 2.75) is 64.8 Å². The number of rotatable bonds is 4. The van der Waals surface area contributed by atoms with Crippen molar-refractivity contribution in [1.82, 2.24) is 10.2 Å². The predicted octanol–water partition coefficient (Wildman–Crippen LogP) is 1.89. The smallest absolute Gasteiger partial charge is 0.0756 e. The summed E-state index contributed by atoms with van der Waals surface area (Å²) in [5.74, 6) is 0.534. The quantitative estimate of drug-likeness (QED) is 0.855. The van der Waals surface area contributed by atoms with Gasteiger partial charge in [0.25, 0.3) is 0 Å². The summed E-state index contributed by atoms with van der Waals surface area (Å²) in [6.45, 7) is 15.9. The highest BCUT2D eigenvalue weighted by Gasteiger charge is 2.38. The van der Waals surface area contributed by atoms with E-state index in [4.69, 9.17) is 9.47 Å². The Labute approximate surface area is 124 Å². The van der Waals surface area contributed by atoms with Gasteiger partial charge in [-0.1, -0.05) is 0 Å². The summed E-state index contributed by atoms with van der Waals surface area (Å²) in [5, 5.41) is 3.57. The third-order valence-electron chi connectivity index (χ3n) is 4.43. The molecule has 2 rings (SSSR count). The molecule has 0 aromatic heterocycles. The standard InChI is InChI=1S/C16H32N2O2/c1-12(2)18-7-9-20-15(11-18)13-6-8-19-14(13)10-17-16(3,4)5/h12-15,17H,6-11H2,1-5H3. The maximum atomic E-state index is 6.06. The summed E-state index contributed by atoms with van der Waals surface area (Å²) in [5.41, 5.74) is 0.147. The van der Waals surface area contributed by atoms with Crippen molar-refractivity contribution < 1.29 is 9.47 Å². The van der Waals surface area contributed by atoms with Crippen molar-refractivity contribution in [3.8, 4) is 0 Å². The fourth-order valence-corrected chi connectivity index (χ4v) is 3.13. The Morgan fingerprint density at radius 1 is 1.20 bits per heavy atom. The van der Waals surface area contributed by atoms with Crippen LogP contribution in [0.3, 0.4) is 0 Å². The molecule has 0 aliphatic carbocycles. The lowest BCUT2D eigenvalue weighted by Gasteiger charge is -2.39. The molecule has 1 N–H and O–H groups in total. The Hall–Kier alpha value is -0.160. The highest BCUT2D eigenvalue weighted by atomic mass is 16.5. The minimum absolute atomic E-state index is 0.147. The van der Waals surface area contributed by atoms with Crippen LogP contribution < -0.4 is 5.32 Å². The average Bonchev–Trinajstić information content (AvgIpc) is 2.84. The Kier molecular flexibility index (Phi) is 5.46. The first-order chi connectivity index (χ1) is 9.37. The zero-order valence-electron chi connectivity index (χ0n) is 13.8. The molecule has 0 radical (unpaired) electrons. The Balaban J connectivity index is 1.89. The number of hydrogen-bond acceptors (Lipinski definition) is 4. The van der Waals surface area contributed by atoms with Gasteiger partial charge < -0.3 is 14.8 Å². The summed E-state index contributed by atoms with van der Waals surface area (Å²) in [7, 11) is 0. The minimum atomic E-state index is 0.147. The van der Waals surface area contributed by atoms with Crippen LogP contribution in [0.2, 0.25) is 0 Å². The van der Waals surface area contributed by atoms with Crippen molar-refractivity contribution in [1.29, 1.82) is 0 Å². The largest absolute Gasteiger partial charge is 0.376 e. The Bertz CT molecular complexity index is 301. The topological polar surface area (TPSA) is 33.7 Å². The third-order valence-corrected chi connectivity index (χ3v) is 4.43. The van der Waals surface area contributed by atoms with E-state index in [1.54, 1.807) is 0 Å². The van der Waals surface area contributed by atoms with Gasteiger partial charge in [-0.3, -0.25) is 4.90 Å². The number of morpholine rings is 1. The molecule has 0 aromatic carbocycles. The fourth-order valence-electron chi connectivity index (χ4n) is 3.13. The highest BCUT2D eigenvalue weighted by Crippen LogP contribution is 2.28. The minimum Gasteiger partial charge on any atom is -0.376 e. The van der Waals surface area contributed by atoms with Gasteiger partial charge in [-0.2, -0.15) is 0 Å². The molecule has 2 aliphatic rings. The van der Waals surface area contributed by atoms with Gasteiger partial charge in [0, 0.05) is 43.7 Å². The van der Waals surface area contributed by atoms with Crippen molar-refractivity contribution >= 4 is 0 Å². The second kappa shape index (κ2) is 6.73. The van der Waals surface area contributed by atoms with Gasteiger partial charge in [0.15, 0.2) is 0 Å². The lowest BCUT2D eigenvalue weighted by Crippen LogP contribution is -2.51. The molecule has 2 saturated heterocycles. The monoisotopic (exact) mass is 284 g/mol. The van der Waals surface area contributed by atoms with Gasteiger partial charge >= 0.3 is 0 Å². The van der Waals surface area contributed by atoms with Gasteiger partial charge in [-0.15, -0.1) is 0 Å². The van der Waals surface area contributed by atoms with Gasteiger partial charge in [-0.25, -0.2) is 0 Å². The normalized spacial score (nSPS) is 33.0. The summed E-state index contributed by atoms with van der Waals surface area (Å²) in [4.78, 5) is 2.53. The maximum absolute atomic E-state index is 6.06. The van der Waals surface area contributed by atoms with Gasteiger partial charge in [0.05, 0.1) is 18.8 Å². The molecule has 0 bridgehead atoms. The molecule has 2 aliphatic heterocycles. The number of nitrogens with one attached hydrogen (secondary N) is 1. The van der Waals surface area contributed by atoms with Crippen LogP contribution in [-0.2, 0) is 9.47 Å². The number of ether oxygens (including phenoxy) is 2. The van der Waals surface area contributed by atoms with E-state index in [2.05, 4.69) is 44.8 Å². The Morgan fingerprint density at radius 3 is 2.60 bits per heavy atom. The summed E-state index contributed by atoms with van der Waals surface area (Å²) in [6, 6.07) is 0.606. The van der Waals surface area contributed by atoms with Crippen molar-refractivity contribution in [2.75, 3.05) is 32.8 Å². The maximum Gasteiger partial charge on any atom is 0.0756 e. The first-order valence-corrected chi connectivity index (χ1v) is 8.09. The number of nitrogens with zero attached hydrogens (tertiary/aromatic N) is 1. The van der Waals surface area contributed by atoms with Crippen LogP contribution in [-0.4, -0.2) is 61.5 Å². The SMILES string of the molecule is CC(C)N1CCOC(C2CCOC2CNC(C)(C)C)C1. The van der Waals surface area contributed by atoms with Crippen LogP contribution in [0.5, 0.6) is 0 Å². The molecular formula is C16H32N2O2. The molecular weight excluding hydrogens is 252 g/mol. The van der Waals surface area contributed by atoms with E-state index in [9.17, 15) is 0 Å². The molecule has 0 saturated carbocycles. The zero-order chi connectivity index (χ0) is 14.8. The molecule has 118 valence electrons. The van der Waals surface area contributed by atoms with Crippen LogP contribution in [0.25, 0.3) is 0 Å². The molecule has 0 spiro atoms. The van der Waals surface area contributed by atoms with Crippen molar-refractivity contribution in [3.05, 3.63) is 0 Å². The van der Waals surface area contributed by atoms with Gasteiger partial charge in [0.2, 0.25) is 0 Å². The molecule has 4 nitrogen and oxygen atoms in total. The third kappa shape index (κ3) is 4.42. The van der Waals surface area contributed by atoms with E-state index in [-0.39, 0.29) is 5.54 Å². The second-order valence-electron chi connectivity index (χ2n) is 7.49. The van der Waals surface area contributed by atoms with Crippen molar-refractivity contribution in [2.24, 2.45) is 5.92 Å². The van der Waals surface area contributed by atoms with E-state index < -0.39 is 0 Å². The molecule has 2 heterocycles. The average molecular weight is 284 g/mol. The second-order valence-corrected chi connectivity index (χ2v) is 7.49. The molecule has 3 atom stereocenters.